The minimum Gasteiger partial charge on any atom is -0.368 e. The molecule has 2 N–H and O–H groups in total. The van der Waals surface area contributed by atoms with Gasteiger partial charge in [0.2, 0.25) is 5.95 Å². The predicted molar refractivity (Wildman–Crippen MR) is 69.1 cm³/mol. The van der Waals surface area contributed by atoms with E-state index in [1.165, 1.54) is 17.8 Å². The van der Waals surface area contributed by atoms with Crippen LogP contribution in [0.4, 0.5) is 10.3 Å². The van der Waals surface area contributed by atoms with Crippen molar-refractivity contribution < 1.29 is 4.39 Å². The summed E-state index contributed by atoms with van der Waals surface area (Å²) in [6, 6.07) is 4.55. The highest BCUT2D eigenvalue weighted by Crippen LogP contribution is 2.24. The fourth-order valence-electron chi connectivity index (χ4n) is 1.23. The van der Waals surface area contributed by atoms with Crippen LogP contribution in [0.3, 0.4) is 0 Å². The molecule has 0 amide bonds. The molecular formula is C10H8BrFN4S. The summed E-state index contributed by atoms with van der Waals surface area (Å²) >= 11 is 4.49. The largest absolute Gasteiger partial charge is 0.368 e. The fourth-order valence-corrected chi connectivity index (χ4v) is 1.97. The molecule has 0 aliphatic heterocycles. The molecule has 17 heavy (non-hydrogen) atoms. The molecule has 0 aliphatic carbocycles. The maximum Gasteiger partial charge on any atom is 0.224 e. The first-order valence-corrected chi connectivity index (χ1v) is 6.63. The summed E-state index contributed by atoms with van der Waals surface area (Å²) in [6.07, 6.45) is 1.85. The number of benzene rings is 1. The van der Waals surface area contributed by atoms with Crippen molar-refractivity contribution in [2.45, 2.75) is 5.16 Å². The van der Waals surface area contributed by atoms with Crippen LogP contribution in [0.1, 0.15) is 0 Å². The van der Waals surface area contributed by atoms with Gasteiger partial charge in [-0.05, 0) is 40.4 Å². The van der Waals surface area contributed by atoms with Crippen LogP contribution in [-0.2, 0) is 0 Å². The quantitative estimate of drug-likeness (QED) is 0.863. The molecular weight excluding hydrogens is 307 g/mol. The van der Waals surface area contributed by atoms with Crippen LogP contribution in [0.15, 0.2) is 27.8 Å². The number of nitrogens with two attached hydrogens (primary N) is 1. The van der Waals surface area contributed by atoms with E-state index in [1.54, 1.807) is 12.1 Å². The number of halogens is 2. The van der Waals surface area contributed by atoms with E-state index in [0.717, 1.165) is 0 Å². The first-order chi connectivity index (χ1) is 8.10. The molecule has 2 rings (SSSR count). The SMILES string of the molecule is CSc1nc(N)nc(-c2ccc(F)c(Br)c2)n1. The average Bonchev–Trinajstić information content (AvgIpc) is 2.32. The topological polar surface area (TPSA) is 64.7 Å². The highest BCUT2D eigenvalue weighted by molar-refractivity contribution is 9.10. The number of thioether (sulfide) groups is 1. The molecule has 0 aliphatic rings. The molecule has 0 saturated heterocycles. The lowest BCUT2D eigenvalue weighted by atomic mass is 10.2. The summed E-state index contributed by atoms with van der Waals surface area (Å²) in [5.74, 6) is 0.253. The lowest BCUT2D eigenvalue weighted by Crippen LogP contribution is -2.01. The summed E-state index contributed by atoms with van der Waals surface area (Å²) in [7, 11) is 0. The molecule has 0 fully saturated rings. The monoisotopic (exact) mass is 314 g/mol. The summed E-state index contributed by atoms with van der Waals surface area (Å²) in [5, 5.41) is 0.535. The van der Waals surface area contributed by atoms with Crippen LogP contribution in [0, 0.1) is 5.82 Å². The standard InChI is InChI=1S/C10H8BrFN4S/c1-17-10-15-8(14-9(13)16-10)5-2-3-7(12)6(11)4-5/h2-4H,1H3,(H2,13,14,15,16). The van der Waals surface area contributed by atoms with Gasteiger partial charge in [0.25, 0.3) is 0 Å². The lowest BCUT2D eigenvalue weighted by Gasteiger charge is -2.04. The molecule has 88 valence electrons. The molecule has 0 bridgehead atoms. The van der Waals surface area contributed by atoms with Gasteiger partial charge < -0.3 is 5.73 Å². The van der Waals surface area contributed by atoms with Crippen molar-refractivity contribution in [1.82, 2.24) is 15.0 Å². The first-order valence-electron chi connectivity index (χ1n) is 4.61. The van der Waals surface area contributed by atoms with Gasteiger partial charge in [0.05, 0.1) is 4.47 Å². The molecule has 1 heterocycles. The Labute approximate surface area is 110 Å². The van der Waals surface area contributed by atoms with Crippen LogP contribution in [-0.4, -0.2) is 21.2 Å². The molecule has 0 radical (unpaired) electrons. The minimum absolute atomic E-state index is 0.153. The fraction of sp³-hybridized carbons (Fsp3) is 0.100. The molecule has 0 saturated carbocycles. The van der Waals surface area contributed by atoms with Gasteiger partial charge in [0.15, 0.2) is 11.0 Å². The summed E-state index contributed by atoms with van der Waals surface area (Å²) in [6.45, 7) is 0. The van der Waals surface area contributed by atoms with Crippen LogP contribution in [0.25, 0.3) is 11.4 Å². The van der Waals surface area contributed by atoms with E-state index >= 15 is 0 Å². The smallest absolute Gasteiger partial charge is 0.224 e. The van der Waals surface area contributed by atoms with Gasteiger partial charge in [-0.25, -0.2) is 9.37 Å². The van der Waals surface area contributed by atoms with E-state index in [-0.39, 0.29) is 11.8 Å². The molecule has 4 nitrogen and oxygen atoms in total. The zero-order valence-electron chi connectivity index (χ0n) is 8.82. The molecule has 0 unspecified atom stereocenters. The highest BCUT2D eigenvalue weighted by atomic mass is 79.9. The Kier molecular flexibility index (Phi) is 3.58. The van der Waals surface area contributed by atoms with Gasteiger partial charge >= 0.3 is 0 Å². The van der Waals surface area contributed by atoms with E-state index < -0.39 is 0 Å². The Hall–Kier alpha value is -1.21. The van der Waals surface area contributed by atoms with Gasteiger partial charge in [-0.3, -0.25) is 0 Å². The van der Waals surface area contributed by atoms with E-state index in [4.69, 9.17) is 5.73 Å². The van der Waals surface area contributed by atoms with Gasteiger partial charge in [-0.15, -0.1) is 0 Å². The molecule has 0 atom stereocenters. The van der Waals surface area contributed by atoms with Crippen LogP contribution >= 0.6 is 27.7 Å². The zero-order valence-corrected chi connectivity index (χ0v) is 11.2. The van der Waals surface area contributed by atoms with Crippen molar-refractivity contribution in [3.63, 3.8) is 0 Å². The van der Waals surface area contributed by atoms with Crippen molar-refractivity contribution in [2.75, 3.05) is 12.0 Å². The second-order valence-corrected chi connectivity index (χ2v) is 4.76. The second kappa shape index (κ2) is 4.97. The molecule has 1 aromatic carbocycles. The lowest BCUT2D eigenvalue weighted by molar-refractivity contribution is 0.621. The van der Waals surface area contributed by atoms with E-state index in [9.17, 15) is 4.39 Å². The van der Waals surface area contributed by atoms with Crippen molar-refractivity contribution in [3.05, 3.63) is 28.5 Å². The average molecular weight is 315 g/mol. The van der Waals surface area contributed by atoms with Crippen molar-refractivity contribution in [2.24, 2.45) is 0 Å². The van der Waals surface area contributed by atoms with E-state index in [2.05, 4.69) is 30.9 Å². The maximum absolute atomic E-state index is 13.1. The van der Waals surface area contributed by atoms with E-state index in [1.807, 2.05) is 6.26 Å². The molecule has 0 spiro atoms. The zero-order chi connectivity index (χ0) is 12.4. The van der Waals surface area contributed by atoms with Crippen LogP contribution in [0.2, 0.25) is 0 Å². The van der Waals surface area contributed by atoms with Gasteiger partial charge in [0.1, 0.15) is 5.82 Å². The van der Waals surface area contributed by atoms with Gasteiger partial charge in [-0.2, -0.15) is 9.97 Å². The molecule has 7 heteroatoms. The Morgan fingerprint density at radius 2 is 2.06 bits per heavy atom. The Morgan fingerprint density at radius 1 is 1.29 bits per heavy atom. The summed E-state index contributed by atoms with van der Waals surface area (Å²) < 4.78 is 13.5. The molecule has 1 aromatic heterocycles. The Balaban J connectivity index is 2.52. The van der Waals surface area contributed by atoms with Gasteiger partial charge in [0, 0.05) is 5.56 Å². The third-order valence-electron chi connectivity index (χ3n) is 1.99. The van der Waals surface area contributed by atoms with Crippen LogP contribution in [0.5, 0.6) is 0 Å². The predicted octanol–water partition coefficient (Wildman–Crippen LogP) is 2.74. The third kappa shape index (κ3) is 2.73. The highest BCUT2D eigenvalue weighted by Gasteiger charge is 2.08. The Bertz CT molecular complexity index is 564. The van der Waals surface area contributed by atoms with Crippen LogP contribution < -0.4 is 5.73 Å². The Morgan fingerprint density at radius 3 is 2.71 bits per heavy atom. The van der Waals surface area contributed by atoms with Crippen molar-refractivity contribution in [1.29, 1.82) is 0 Å². The number of hydrogen-bond donors (Lipinski definition) is 1. The number of nitrogens with zero attached hydrogens (tertiary/aromatic N) is 3. The van der Waals surface area contributed by atoms with Crippen molar-refractivity contribution in [3.8, 4) is 11.4 Å². The summed E-state index contributed by atoms with van der Waals surface area (Å²) in [5.41, 5.74) is 6.26. The van der Waals surface area contributed by atoms with E-state index in [0.29, 0.717) is 21.0 Å². The van der Waals surface area contributed by atoms with Gasteiger partial charge in [-0.1, -0.05) is 11.8 Å². The first kappa shape index (κ1) is 12.3. The number of anilines is 1. The number of rotatable bonds is 2. The van der Waals surface area contributed by atoms with Crippen molar-refractivity contribution >= 4 is 33.6 Å². The minimum atomic E-state index is -0.333. The number of nitrogen functional groups attached to an aromatic ring is 1. The number of hydrogen-bond acceptors (Lipinski definition) is 5. The molecule has 2 aromatic rings. The normalized spacial score (nSPS) is 10.5. The number of aromatic nitrogens is 3. The summed E-state index contributed by atoms with van der Waals surface area (Å²) in [4.78, 5) is 12.2. The third-order valence-corrected chi connectivity index (χ3v) is 3.15. The second-order valence-electron chi connectivity index (χ2n) is 3.13. The maximum atomic E-state index is 13.1.